The number of aryl methyl sites for hydroxylation is 1. The highest BCUT2D eigenvalue weighted by molar-refractivity contribution is 9.10. The van der Waals surface area contributed by atoms with Crippen molar-refractivity contribution in [1.29, 1.82) is 0 Å². The van der Waals surface area contributed by atoms with E-state index < -0.39 is 6.10 Å². The molecular formula is C17H19BrFNO. The second-order valence-corrected chi connectivity index (χ2v) is 7.56. The lowest BCUT2D eigenvalue weighted by molar-refractivity contribution is 0.0987. The Hall–Kier alpha value is -1.13. The van der Waals surface area contributed by atoms with Crippen LogP contribution >= 0.6 is 15.9 Å². The van der Waals surface area contributed by atoms with E-state index >= 15 is 0 Å². The van der Waals surface area contributed by atoms with E-state index in [9.17, 15) is 9.50 Å². The summed E-state index contributed by atoms with van der Waals surface area (Å²) in [4.78, 5) is 0. The van der Waals surface area contributed by atoms with Crippen LogP contribution in [-0.4, -0.2) is 9.67 Å². The van der Waals surface area contributed by atoms with Crippen molar-refractivity contribution in [2.45, 2.75) is 39.7 Å². The number of fused-ring (bicyclic) bond motifs is 1. The van der Waals surface area contributed by atoms with E-state index in [-0.39, 0.29) is 11.2 Å². The molecule has 0 spiro atoms. The van der Waals surface area contributed by atoms with Crippen LogP contribution in [0.4, 0.5) is 4.39 Å². The number of halogens is 2. The standard InChI is InChI=1S/C17H19BrFNO/c1-10-6-12(18)13(19)7-14(10)20-5-4-11-15(20)8-17(2,3)9-16(11)21/h4-7,16,21H,8-9H2,1-3H3. The first-order valence-electron chi connectivity index (χ1n) is 7.13. The van der Waals surface area contributed by atoms with Gasteiger partial charge in [-0.2, -0.15) is 0 Å². The molecule has 1 aliphatic rings. The highest BCUT2D eigenvalue weighted by atomic mass is 79.9. The molecule has 0 bridgehead atoms. The quantitative estimate of drug-likeness (QED) is 0.791. The maximum atomic E-state index is 13.9. The number of aromatic nitrogens is 1. The lowest BCUT2D eigenvalue weighted by Gasteiger charge is -2.34. The van der Waals surface area contributed by atoms with Gasteiger partial charge in [0.25, 0.3) is 0 Å². The van der Waals surface area contributed by atoms with Crippen molar-refractivity contribution in [3.63, 3.8) is 0 Å². The molecule has 1 aliphatic carbocycles. The number of benzene rings is 1. The Balaban J connectivity index is 2.16. The van der Waals surface area contributed by atoms with Crippen LogP contribution in [0, 0.1) is 18.2 Å². The van der Waals surface area contributed by atoms with Crippen molar-refractivity contribution in [3.05, 3.63) is 51.5 Å². The molecule has 2 aromatic rings. The summed E-state index contributed by atoms with van der Waals surface area (Å²) >= 11 is 3.22. The summed E-state index contributed by atoms with van der Waals surface area (Å²) in [5.74, 6) is -0.270. The SMILES string of the molecule is Cc1cc(Br)c(F)cc1-n1ccc2c1CC(C)(C)CC2O. The topological polar surface area (TPSA) is 25.2 Å². The average molecular weight is 352 g/mol. The first-order chi connectivity index (χ1) is 9.78. The highest BCUT2D eigenvalue weighted by Gasteiger charge is 2.33. The summed E-state index contributed by atoms with van der Waals surface area (Å²) in [5, 5.41) is 10.3. The second-order valence-electron chi connectivity index (χ2n) is 6.70. The van der Waals surface area contributed by atoms with Crippen molar-refractivity contribution >= 4 is 15.9 Å². The molecule has 0 aliphatic heterocycles. The van der Waals surface area contributed by atoms with Gasteiger partial charge in [0.2, 0.25) is 0 Å². The Morgan fingerprint density at radius 3 is 2.81 bits per heavy atom. The number of hydrogen-bond donors (Lipinski definition) is 1. The van der Waals surface area contributed by atoms with Gasteiger partial charge in [-0.25, -0.2) is 4.39 Å². The van der Waals surface area contributed by atoms with Crippen molar-refractivity contribution in [3.8, 4) is 5.69 Å². The summed E-state index contributed by atoms with van der Waals surface area (Å²) < 4.78 is 16.4. The number of aliphatic hydroxyl groups excluding tert-OH is 1. The molecular weight excluding hydrogens is 333 g/mol. The molecule has 0 radical (unpaired) electrons. The largest absolute Gasteiger partial charge is 0.388 e. The minimum Gasteiger partial charge on any atom is -0.388 e. The van der Waals surface area contributed by atoms with Gasteiger partial charge in [0.15, 0.2) is 0 Å². The molecule has 0 amide bonds. The molecule has 1 unspecified atom stereocenters. The zero-order valence-electron chi connectivity index (χ0n) is 12.5. The predicted octanol–water partition coefficient (Wildman–Crippen LogP) is 4.69. The molecule has 2 nitrogen and oxygen atoms in total. The van der Waals surface area contributed by atoms with E-state index in [0.717, 1.165) is 35.3 Å². The molecule has 21 heavy (non-hydrogen) atoms. The molecule has 1 N–H and O–H groups in total. The van der Waals surface area contributed by atoms with Crippen molar-refractivity contribution in [2.75, 3.05) is 0 Å². The highest BCUT2D eigenvalue weighted by Crippen LogP contribution is 2.42. The lowest BCUT2D eigenvalue weighted by atomic mass is 9.75. The van der Waals surface area contributed by atoms with Crippen molar-refractivity contribution < 1.29 is 9.50 Å². The summed E-state index contributed by atoms with van der Waals surface area (Å²) in [5.41, 5.74) is 3.94. The Labute approximate surface area is 132 Å². The van der Waals surface area contributed by atoms with E-state index in [4.69, 9.17) is 0 Å². The molecule has 0 saturated carbocycles. The van der Waals surface area contributed by atoms with Crippen molar-refractivity contribution in [1.82, 2.24) is 4.57 Å². The van der Waals surface area contributed by atoms with Gasteiger partial charge >= 0.3 is 0 Å². The zero-order chi connectivity index (χ0) is 15.4. The molecule has 1 aromatic heterocycles. The van der Waals surface area contributed by atoms with Gasteiger partial charge in [0.1, 0.15) is 5.82 Å². The first kappa shape index (κ1) is 14.8. The van der Waals surface area contributed by atoms with Gasteiger partial charge in [0.05, 0.1) is 16.3 Å². The van der Waals surface area contributed by atoms with Crippen molar-refractivity contribution in [2.24, 2.45) is 5.41 Å². The Morgan fingerprint density at radius 2 is 2.10 bits per heavy atom. The van der Waals surface area contributed by atoms with Crippen LogP contribution in [0.2, 0.25) is 0 Å². The first-order valence-corrected chi connectivity index (χ1v) is 7.92. The van der Waals surface area contributed by atoms with E-state index in [1.807, 2.05) is 23.8 Å². The van der Waals surface area contributed by atoms with Crippen LogP contribution in [0.15, 0.2) is 28.9 Å². The van der Waals surface area contributed by atoms with Crippen LogP contribution in [0.3, 0.4) is 0 Å². The monoisotopic (exact) mass is 351 g/mol. The minimum absolute atomic E-state index is 0.0460. The maximum Gasteiger partial charge on any atom is 0.139 e. The molecule has 3 rings (SSSR count). The molecule has 1 aromatic carbocycles. The Morgan fingerprint density at radius 1 is 1.38 bits per heavy atom. The summed E-state index contributed by atoms with van der Waals surface area (Å²) in [6.45, 7) is 6.29. The third-order valence-electron chi connectivity index (χ3n) is 4.28. The third kappa shape index (κ3) is 2.55. The Bertz CT molecular complexity index is 705. The smallest absolute Gasteiger partial charge is 0.139 e. The van der Waals surface area contributed by atoms with Crippen LogP contribution in [-0.2, 0) is 6.42 Å². The van der Waals surface area contributed by atoms with E-state index in [1.54, 1.807) is 12.1 Å². The van der Waals surface area contributed by atoms with Gasteiger partial charge < -0.3 is 9.67 Å². The maximum absolute atomic E-state index is 13.9. The fourth-order valence-electron chi connectivity index (χ4n) is 3.25. The molecule has 1 atom stereocenters. The third-order valence-corrected chi connectivity index (χ3v) is 4.88. The van der Waals surface area contributed by atoms with E-state index in [1.165, 1.54) is 0 Å². The molecule has 4 heteroatoms. The van der Waals surface area contributed by atoms with Gasteiger partial charge in [0, 0.05) is 17.5 Å². The normalized spacial score (nSPS) is 20.4. The second kappa shape index (κ2) is 4.96. The summed E-state index contributed by atoms with van der Waals surface area (Å²) in [6.07, 6.45) is 3.14. The average Bonchev–Trinajstić information content (AvgIpc) is 2.76. The molecule has 112 valence electrons. The number of nitrogens with zero attached hydrogens (tertiary/aromatic N) is 1. The molecule has 0 fully saturated rings. The van der Waals surface area contributed by atoms with E-state index in [2.05, 4.69) is 29.8 Å². The zero-order valence-corrected chi connectivity index (χ0v) is 14.0. The van der Waals surface area contributed by atoms with Gasteiger partial charge in [-0.1, -0.05) is 13.8 Å². The minimum atomic E-state index is -0.439. The number of rotatable bonds is 1. The number of hydrogen-bond acceptors (Lipinski definition) is 1. The van der Waals surface area contributed by atoms with Crippen LogP contribution in [0.1, 0.15) is 43.2 Å². The fraction of sp³-hybridized carbons (Fsp3) is 0.412. The van der Waals surface area contributed by atoms with Crippen LogP contribution in [0.5, 0.6) is 0 Å². The van der Waals surface area contributed by atoms with Crippen LogP contribution < -0.4 is 0 Å². The predicted molar refractivity (Wildman–Crippen MR) is 85.2 cm³/mol. The Kier molecular flexibility index (Phi) is 3.49. The summed E-state index contributed by atoms with van der Waals surface area (Å²) in [7, 11) is 0. The number of aliphatic hydroxyl groups is 1. The molecule has 1 heterocycles. The lowest BCUT2D eigenvalue weighted by Crippen LogP contribution is -2.26. The fourth-order valence-corrected chi connectivity index (χ4v) is 3.71. The van der Waals surface area contributed by atoms with Gasteiger partial charge in [-0.15, -0.1) is 0 Å². The van der Waals surface area contributed by atoms with Crippen LogP contribution in [0.25, 0.3) is 5.69 Å². The van der Waals surface area contributed by atoms with E-state index in [0.29, 0.717) is 4.47 Å². The summed E-state index contributed by atoms with van der Waals surface area (Å²) in [6, 6.07) is 5.30. The van der Waals surface area contributed by atoms with Gasteiger partial charge in [-0.3, -0.25) is 0 Å². The van der Waals surface area contributed by atoms with Gasteiger partial charge in [-0.05, 0) is 64.9 Å². The molecule has 0 saturated heterocycles.